The highest BCUT2D eigenvalue weighted by atomic mass is 16.7. The number of carbonyl (C=O) groups is 3. The van der Waals surface area contributed by atoms with Gasteiger partial charge in [0.05, 0.1) is 72.0 Å². The van der Waals surface area contributed by atoms with Crippen LogP contribution in [0.4, 0.5) is 27.5 Å². The Bertz CT molecular complexity index is 2830. The fraction of sp³-hybridized carbons (Fsp3) is 0.189. The highest BCUT2D eigenvalue weighted by molar-refractivity contribution is 6.55. The van der Waals surface area contributed by atoms with Crippen molar-refractivity contribution < 1.29 is 53.1 Å². The zero-order chi connectivity index (χ0) is 44.0. The van der Waals surface area contributed by atoms with Gasteiger partial charge in [0.1, 0.15) is 24.2 Å². The molecule has 0 saturated carbocycles. The molecular formula is C37H24BN7O16. The number of nitro groups is 4. The topological polar surface area (TPSA) is 308 Å². The van der Waals surface area contributed by atoms with Gasteiger partial charge in [-0.15, -0.1) is 0 Å². The number of non-ortho nitro benzene ring substituents is 2. The van der Waals surface area contributed by atoms with Crippen LogP contribution in [0.15, 0.2) is 64.5 Å². The number of oxime groups is 1. The minimum atomic E-state index is -1.65. The predicted octanol–water partition coefficient (Wildman–Crippen LogP) is 5.23. The zero-order valence-electron chi connectivity index (χ0n) is 31.3. The van der Waals surface area contributed by atoms with Crippen LogP contribution in [0, 0.1) is 40.5 Å². The Morgan fingerprint density at radius 1 is 0.918 bits per heavy atom. The van der Waals surface area contributed by atoms with E-state index in [9.17, 15) is 59.6 Å². The molecule has 306 valence electrons. The maximum Gasteiger partial charge on any atom is 0.350 e. The van der Waals surface area contributed by atoms with Gasteiger partial charge in [-0.25, -0.2) is 9.78 Å². The molecule has 7 rings (SSSR count). The van der Waals surface area contributed by atoms with Crippen LogP contribution < -0.4 is 10.3 Å². The molecule has 2 atom stereocenters. The third-order valence-electron chi connectivity index (χ3n) is 9.78. The van der Waals surface area contributed by atoms with Crippen molar-refractivity contribution in [3.05, 3.63) is 133 Å². The molecule has 1 aliphatic carbocycles. The third-order valence-corrected chi connectivity index (χ3v) is 9.78. The number of hydrogen-bond donors (Lipinski definition) is 0. The molecule has 3 aromatic carbocycles. The van der Waals surface area contributed by atoms with E-state index in [1.165, 1.54) is 17.6 Å². The molecule has 0 fully saturated rings. The highest BCUT2D eigenvalue weighted by Gasteiger charge is 2.42. The highest BCUT2D eigenvalue weighted by Crippen LogP contribution is 2.50. The first-order chi connectivity index (χ1) is 29.0. The fourth-order valence-corrected chi connectivity index (χ4v) is 7.14. The minimum Gasteiger partial charge on any atom is -0.463 e. The van der Waals surface area contributed by atoms with E-state index in [2.05, 4.69) is 5.16 Å². The molecule has 2 aromatic heterocycles. The molecule has 0 N–H and O–H groups in total. The number of hydrogen-bond acceptors (Lipinski definition) is 18. The standard InChI is InChI=1S/C37H24BN7O16/c1-3-30(22-12-29-33-18(13-41(29)35(47)25(22)14-58-15-46)6-17-7-21(59-37(38)49)4-5-26(17)39-33)60-36(48)16(2)61-40-34-23-8-19(42(50)51)10-27(44(54)55)31(23)32-24(34)9-20(43(52)53)11-28(32)45(56)57/h4-12,15-16,30H,3,13-14H2,1-2H3/t16-,30-/m0/s1. The van der Waals surface area contributed by atoms with Gasteiger partial charge in [-0.05, 0) is 43.7 Å². The molecule has 24 heteroatoms. The van der Waals surface area contributed by atoms with Gasteiger partial charge in [-0.3, -0.25) is 54.8 Å². The number of benzene rings is 3. The number of carbonyl (C=O) groups excluding carboxylic acids is 3. The first kappa shape index (κ1) is 40.8. The first-order valence-corrected chi connectivity index (χ1v) is 17.6. The lowest BCUT2D eigenvalue weighted by Crippen LogP contribution is -2.29. The number of nitro benzene ring substituents is 4. The molecule has 0 spiro atoms. The molecular weight excluding hydrogens is 809 g/mol. The molecule has 61 heavy (non-hydrogen) atoms. The van der Waals surface area contributed by atoms with Crippen molar-refractivity contribution in [1.82, 2.24) is 9.55 Å². The van der Waals surface area contributed by atoms with E-state index in [0.717, 1.165) is 12.1 Å². The van der Waals surface area contributed by atoms with E-state index < -0.39 is 107 Å². The van der Waals surface area contributed by atoms with Gasteiger partial charge in [-0.1, -0.05) is 12.1 Å². The number of esters is 1. The lowest BCUT2D eigenvalue weighted by atomic mass is 10.00. The molecule has 3 heterocycles. The predicted molar refractivity (Wildman–Crippen MR) is 207 cm³/mol. The molecule has 2 radical (unpaired) electrons. The monoisotopic (exact) mass is 833 g/mol. The van der Waals surface area contributed by atoms with Crippen LogP contribution in [-0.2, 0) is 37.1 Å². The molecule has 0 saturated heterocycles. The number of pyridine rings is 2. The zero-order valence-corrected chi connectivity index (χ0v) is 31.3. The van der Waals surface area contributed by atoms with Crippen molar-refractivity contribution in [3.8, 4) is 28.3 Å². The maximum absolute atomic E-state index is 14.0. The summed E-state index contributed by atoms with van der Waals surface area (Å²) in [5, 5.41) is 52.3. The van der Waals surface area contributed by atoms with Gasteiger partial charge >= 0.3 is 5.97 Å². The molecule has 0 unspecified atom stereocenters. The Morgan fingerprint density at radius 3 is 2.08 bits per heavy atom. The maximum atomic E-state index is 14.0. The van der Waals surface area contributed by atoms with Crippen LogP contribution in [0.1, 0.15) is 54.2 Å². The average molecular weight is 833 g/mol. The lowest BCUT2D eigenvalue weighted by Gasteiger charge is -2.22. The van der Waals surface area contributed by atoms with Crippen molar-refractivity contribution in [1.29, 1.82) is 0 Å². The van der Waals surface area contributed by atoms with E-state index >= 15 is 0 Å². The Morgan fingerprint density at radius 2 is 1.54 bits per heavy atom. The average Bonchev–Trinajstić information content (AvgIpc) is 3.73. The van der Waals surface area contributed by atoms with Gasteiger partial charge in [0.2, 0.25) is 19.8 Å². The van der Waals surface area contributed by atoms with Crippen molar-refractivity contribution >= 4 is 65.5 Å². The molecule has 5 aromatic rings. The normalized spacial score (nSPS) is 12.9. The van der Waals surface area contributed by atoms with Crippen LogP contribution >= 0.6 is 0 Å². The molecule has 0 amide bonds. The third kappa shape index (κ3) is 7.32. The molecule has 0 bridgehead atoms. The number of aromatic nitrogens is 2. The van der Waals surface area contributed by atoms with Gasteiger partial charge in [0.25, 0.3) is 34.8 Å². The number of fused-ring (bicyclic) bond motifs is 7. The summed E-state index contributed by atoms with van der Waals surface area (Å²) in [6.45, 7) is 2.45. The first-order valence-electron chi connectivity index (χ1n) is 17.6. The van der Waals surface area contributed by atoms with Gasteiger partial charge in [-0.2, -0.15) is 0 Å². The Hall–Kier alpha value is -8.44. The molecule has 2 aliphatic rings. The summed E-state index contributed by atoms with van der Waals surface area (Å²) in [7, 11) is 5.14. The van der Waals surface area contributed by atoms with E-state index in [4.69, 9.17) is 31.9 Å². The Kier molecular flexibility index (Phi) is 10.5. The SMILES string of the molecule is [B]C(=O)Oc1ccc2nc3c(cc2c1)Cn1c-3cc([C@H](CC)OC(=O)[C@H](C)ON=C2c3cc([N+](=O)[O-])cc([N+](=O)[O-])c3-c3c2cc([N+](=O)[O-])cc3[N+](=O)[O-])c(COC=O)c1=O. The Balaban J connectivity index is 1.25. The quantitative estimate of drug-likeness (QED) is 0.0445. The van der Waals surface area contributed by atoms with E-state index in [1.807, 2.05) is 0 Å². The van der Waals surface area contributed by atoms with Crippen molar-refractivity contribution in [2.24, 2.45) is 5.16 Å². The summed E-state index contributed by atoms with van der Waals surface area (Å²) in [4.78, 5) is 104. The van der Waals surface area contributed by atoms with Crippen LogP contribution in [-0.4, -0.2) is 67.2 Å². The largest absolute Gasteiger partial charge is 0.463 e. The second-order valence-electron chi connectivity index (χ2n) is 13.4. The van der Waals surface area contributed by atoms with Crippen LogP contribution in [0.5, 0.6) is 5.75 Å². The smallest absolute Gasteiger partial charge is 0.350 e. The molecule has 1 aliphatic heterocycles. The van der Waals surface area contributed by atoms with Gasteiger partial charge in [0, 0.05) is 39.8 Å². The Labute approximate surface area is 340 Å². The molecule has 23 nitrogen and oxygen atoms in total. The van der Waals surface area contributed by atoms with Crippen LogP contribution in [0.25, 0.3) is 33.4 Å². The minimum absolute atomic E-state index is 0.0376. The lowest BCUT2D eigenvalue weighted by molar-refractivity contribution is -0.395. The summed E-state index contributed by atoms with van der Waals surface area (Å²) in [6, 6.07) is 10.7. The van der Waals surface area contributed by atoms with E-state index in [1.54, 1.807) is 31.2 Å². The second kappa shape index (κ2) is 15.7. The van der Waals surface area contributed by atoms with Gasteiger partial charge in [0.15, 0.2) is 0 Å². The van der Waals surface area contributed by atoms with Gasteiger partial charge < -0.3 is 23.6 Å². The summed E-state index contributed by atoms with van der Waals surface area (Å²) < 4.78 is 17.1. The van der Waals surface area contributed by atoms with Crippen molar-refractivity contribution in [2.45, 2.75) is 45.6 Å². The second-order valence-corrected chi connectivity index (χ2v) is 13.4. The van der Waals surface area contributed by atoms with Crippen molar-refractivity contribution in [3.63, 3.8) is 0 Å². The van der Waals surface area contributed by atoms with E-state index in [-0.39, 0.29) is 36.3 Å². The number of nitrogens with zero attached hydrogens (tertiary/aromatic N) is 7. The fourth-order valence-electron chi connectivity index (χ4n) is 7.14. The van der Waals surface area contributed by atoms with E-state index in [0.29, 0.717) is 40.0 Å². The summed E-state index contributed by atoms with van der Waals surface area (Å²) in [6.07, 6.45) is -2.80. The van der Waals surface area contributed by atoms with Crippen LogP contribution in [0.3, 0.4) is 0 Å². The number of rotatable bonds is 14. The summed E-state index contributed by atoms with van der Waals surface area (Å²) in [5.41, 5.74) is -4.60. The van der Waals surface area contributed by atoms with Crippen LogP contribution in [0.2, 0.25) is 0 Å². The van der Waals surface area contributed by atoms with Crippen molar-refractivity contribution in [2.75, 3.05) is 0 Å². The number of ether oxygens (including phenoxy) is 3. The summed E-state index contributed by atoms with van der Waals surface area (Å²) >= 11 is 0. The summed E-state index contributed by atoms with van der Waals surface area (Å²) in [5.74, 6) is -1.95.